The number of fused-ring (bicyclic) bond motifs is 1. The number of methoxy groups -OCH3 is 1. The lowest BCUT2D eigenvalue weighted by molar-refractivity contribution is -0.117. The minimum absolute atomic E-state index is 0.0630. The van der Waals surface area contributed by atoms with Crippen molar-refractivity contribution in [2.45, 2.75) is 5.22 Å². The molecule has 4 rings (SSSR count). The molecule has 0 radical (unpaired) electrons. The summed E-state index contributed by atoms with van der Waals surface area (Å²) in [7, 11) is 1.52. The number of thioether (sulfide) groups is 1. The summed E-state index contributed by atoms with van der Waals surface area (Å²) in [5.41, 5.74) is 3.12. The standard InChI is InChI=1S/C23H20ClN5O4S/c1-32-11-10-25-22(31)27-20(30)13-34-23-29-28-21(33-23)17-12-19(14-6-8-15(24)9-7-14)26-18-5-3-2-4-16(17)18/h2-9,12H,10-11,13H2,1H3,(H2,25,27,30,31). The van der Waals surface area contributed by atoms with Gasteiger partial charge >= 0.3 is 6.03 Å². The van der Waals surface area contributed by atoms with Crippen LogP contribution in [0.25, 0.3) is 33.6 Å². The number of benzene rings is 2. The topological polar surface area (TPSA) is 119 Å². The van der Waals surface area contributed by atoms with E-state index in [0.29, 0.717) is 24.1 Å². The fourth-order valence-corrected chi connectivity index (χ4v) is 3.79. The van der Waals surface area contributed by atoms with Crippen molar-refractivity contribution in [1.82, 2.24) is 25.8 Å². The fraction of sp³-hybridized carbons (Fsp3) is 0.174. The normalized spacial score (nSPS) is 10.9. The zero-order chi connectivity index (χ0) is 23.9. The summed E-state index contributed by atoms with van der Waals surface area (Å²) in [4.78, 5) is 28.4. The second kappa shape index (κ2) is 11.1. The van der Waals surface area contributed by atoms with E-state index in [1.54, 1.807) is 12.1 Å². The molecule has 0 aliphatic rings. The van der Waals surface area contributed by atoms with E-state index in [1.807, 2.05) is 42.5 Å². The molecule has 2 aromatic heterocycles. The summed E-state index contributed by atoms with van der Waals surface area (Å²) < 4.78 is 10.7. The lowest BCUT2D eigenvalue weighted by Gasteiger charge is -2.07. The van der Waals surface area contributed by atoms with Crippen molar-refractivity contribution in [2.24, 2.45) is 0 Å². The van der Waals surface area contributed by atoms with Gasteiger partial charge in [-0.25, -0.2) is 9.78 Å². The molecule has 34 heavy (non-hydrogen) atoms. The minimum atomic E-state index is -0.591. The molecular formula is C23H20ClN5O4S. The summed E-state index contributed by atoms with van der Waals surface area (Å²) in [6, 6.07) is 16.3. The number of nitrogens with one attached hydrogen (secondary N) is 2. The van der Waals surface area contributed by atoms with Gasteiger partial charge in [-0.3, -0.25) is 10.1 Å². The van der Waals surface area contributed by atoms with Crippen LogP contribution in [-0.4, -0.2) is 53.1 Å². The quantitative estimate of drug-likeness (QED) is 0.275. The molecule has 0 spiro atoms. The van der Waals surface area contributed by atoms with Gasteiger partial charge in [0.25, 0.3) is 5.22 Å². The average Bonchev–Trinajstić information content (AvgIpc) is 3.31. The maximum atomic E-state index is 12.0. The van der Waals surface area contributed by atoms with Gasteiger partial charge in [-0.1, -0.05) is 53.7 Å². The van der Waals surface area contributed by atoms with Crippen molar-refractivity contribution < 1.29 is 18.7 Å². The van der Waals surface area contributed by atoms with Crippen molar-refractivity contribution in [3.05, 3.63) is 59.6 Å². The van der Waals surface area contributed by atoms with Crippen molar-refractivity contribution in [2.75, 3.05) is 26.0 Å². The molecule has 0 saturated carbocycles. The molecule has 9 nitrogen and oxygen atoms in total. The van der Waals surface area contributed by atoms with Gasteiger partial charge in [0, 0.05) is 29.6 Å². The van der Waals surface area contributed by atoms with Crippen LogP contribution in [0.4, 0.5) is 4.79 Å². The third-order valence-electron chi connectivity index (χ3n) is 4.66. The zero-order valence-corrected chi connectivity index (χ0v) is 19.7. The third-order valence-corrected chi connectivity index (χ3v) is 5.73. The van der Waals surface area contributed by atoms with Gasteiger partial charge in [-0.2, -0.15) is 0 Å². The number of urea groups is 1. The first-order valence-electron chi connectivity index (χ1n) is 10.2. The number of amides is 3. The van der Waals surface area contributed by atoms with Gasteiger partial charge in [-0.15, -0.1) is 10.2 Å². The van der Waals surface area contributed by atoms with E-state index in [4.69, 9.17) is 25.7 Å². The van der Waals surface area contributed by atoms with Crippen LogP contribution < -0.4 is 10.6 Å². The number of ether oxygens (including phenoxy) is 1. The molecule has 2 heterocycles. The number of rotatable bonds is 8. The van der Waals surface area contributed by atoms with Gasteiger partial charge in [0.15, 0.2) is 0 Å². The smallest absolute Gasteiger partial charge is 0.321 e. The van der Waals surface area contributed by atoms with Gasteiger partial charge in [0.1, 0.15) is 0 Å². The van der Waals surface area contributed by atoms with Crippen LogP contribution in [0.2, 0.25) is 5.02 Å². The molecule has 3 amide bonds. The van der Waals surface area contributed by atoms with Gasteiger partial charge < -0.3 is 14.5 Å². The first-order chi connectivity index (χ1) is 16.5. The number of para-hydroxylation sites is 1. The van der Waals surface area contributed by atoms with Crippen molar-refractivity contribution in [1.29, 1.82) is 0 Å². The monoisotopic (exact) mass is 497 g/mol. The Kier molecular flexibility index (Phi) is 7.73. The van der Waals surface area contributed by atoms with Crippen LogP contribution in [0.3, 0.4) is 0 Å². The molecule has 0 aliphatic heterocycles. The highest BCUT2D eigenvalue weighted by atomic mass is 35.5. The van der Waals surface area contributed by atoms with Crippen LogP contribution in [0.15, 0.2) is 64.2 Å². The molecule has 0 unspecified atom stereocenters. The highest BCUT2D eigenvalue weighted by Crippen LogP contribution is 2.33. The Balaban J connectivity index is 1.51. The Morgan fingerprint density at radius 1 is 1.12 bits per heavy atom. The van der Waals surface area contributed by atoms with Crippen molar-refractivity contribution in [3.63, 3.8) is 0 Å². The average molecular weight is 498 g/mol. The number of hydrogen-bond donors (Lipinski definition) is 2. The molecule has 2 aromatic carbocycles. The van der Waals surface area contributed by atoms with E-state index in [-0.39, 0.29) is 11.0 Å². The number of pyridine rings is 1. The predicted octanol–water partition coefficient (Wildman–Crippen LogP) is 4.17. The SMILES string of the molecule is COCCNC(=O)NC(=O)CSc1nnc(-c2cc(-c3ccc(Cl)cc3)nc3ccccc23)o1. The summed E-state index contributed by atoms with van der Waals surface area (Å²) >= 11 is 7.06. The zero-order valence-electron chi connectivity index (χ0n) is 18.1. The first-order valence-corrected chi connectivity index (χ1v) is 11.6. The molecule has 11 heteroatoms. The molecule has 0 bridgehead atoms. The van der Waals surface area contributed by atoms with Crippen LogP contribution in [0, 0.1) is 0 Å². The maximum absolute atomic E-state index is 12.0. The van der Waals surface area contributed by atoms with E-state index in [0.717, 1.165) is 39.5 Å². The summed E-state index contributed by atoms with van der Waals surface area (Å²) in [6.45, 7) is 0.651. The second-order valence-electron chi connectivity index (χ2n) is 7.04. The molecular weight excluding hydrogens is 478 g/mol. The Bertz CT molecular complexity index is 1310. The molecule has 0 atom stereocenters. The number of hydrogen-bond acceptors (Lipinski definition) is 8. The Labute approximate surface area is 204 Å². The molecule has 0 saturated heterocycles. The highest BCUT2D eigenvalue weighted by Gasteiger charge is 2.16. The lowest BCUT2D eigenvalue weighted by Crippen LogP contribution is -2.41. The Hall–Kier alpha value is -3.47. The van der Waals surface area contributed by atoms with Crippen LogP contribution in [0.5, 0.6) is 0 Å². The third kappa shape index (κ3) is 5.90. The van der Waals surface area contributed by atoms with Crippen molar-refractivity contribution in [3.8, 4) is 22.7 Å². The molecule has 2 N–H and O–H groups in total. The van der Waals surface area contributed by atoms with Crippen LogP contribution in [-0.2, 0) is 9.53 Å². The summed E-state index contributed by atoms with van der Waals surface area (Å²) in [6.07, 6.45) is 0. The van der Waals surface area contributed by atoms with E-state index in [2.05, 4.69) is 20.8 Å². The number of aromatic nitrogens is 3. The van der Waals surface area contributed by atoms with Crippen molar-refractivity contribution >= 4 is 46.2 Å². The number of carbonyl (C=O) groups excluding carboxylic acids is 2. The molecule has 4 aromatic rings. The largest absolute Gasteiger partial charge is 0.411 e. The fourth-order valence-electron chi connectivity index (χ4n) is 3.10. The van der Waals surface area contributed by atoms with Crippen LogP contribution >= 0.6 is 23.4 Å². The number of imide groups is 1. The number of carbonyl (C=O) groups is 2. The van der Waals surface area contributed by atoms with Gasteiger partial charge in [0.2, 0.25) is 11.8 Å². The van der Waals surface area contributed by atoms with Gasteiger partial charge in [-0.05, 0) is 24.3 Å². The minimum Gasteiger partial charge on any atom is -0.411 e. The molecule has 0 aliphatic carbocycles. The summed E-state index contributed by atoms with van der Waals surface area (Å²) in [5, 5.41) is 14.6. The van der Waals surface area contributed by atoms with Gasteiger partial charge in [0.05, 0.1) is 29.1 Å². The number of nitrogens with zero attached hydrogens (tertiary/aromatic N) is 3. The highest BCUT2D eigenvalue weighted by molar-refractivity contribution is 7.99. The maximum Gasteiger partial charge on any atom is 0.321 e. The first kappa shape index (κ1) is 23.7. The van der Waals surface area contributed by atoms with E-state index < -0.39 is 11.9 Å². The predicted molar refractivity (Wildman–Crippen MR) is 130 cm³/mol. The molecule has 174 valence electrons. The Morgan fingerprint density at radius 2 is 1.91 bits per heavy atom. The Morgan fingerprint density at radius 3 is 2.71 bits per heavy atom. The van der Waals surface area contributed by atoms with E-state index >= 15 is 0 Å². The number of halogens is 1. The second-order valence-corrected chi connectivity index (χ2v) is 8.40. The molecule has 0 fully saturated rings. The van der Waals surface area contributed by atoms with Crippen LogP contribution in [0.1, 0.15) is 0 Å². The lowest BCUT2D eigenvalue weighted by atomic mass is 10.0. The van der Waals surface area contributed by atoms with E-state index in [9.17, 15) is 9.59 Å². The summed E-state index contributed by atoms with van der Waals surface area (Å²) in [5.74, 6) is -0.250. The van der Waals surface area contributed by atoms with E-state index in [1.165, 1.54) is 7.11 Å².